The Hall–Kier alpha value is -1.64. The zero-order valence-electron chi connectivity index (χ0n) is 9.80. The lowest BCUT2D eigenvalue weighted by atomic mass is 9.82. The minimum absolute atomic E-state index is 0.0213. The number of fused-ring (bicyclic) bond motifs is 3. The Morgan fingerprint density at radius 2 is 1.47 bits per heavy atom. The van der Waals surface area contributed by atoms with Crippen LogP contribution < -0.4 is 0 Å². The van der Waals surface area contributed by atoms with Gasteiger partial charge in [-0.1, -0.05) is 0 Å². The number of Topliss-reactive ketones (excluding diaryl/α,β-unsaturated/α-hetero) is 2. The van der Waals surface area contributed by atoms with Crippen LogP contribution in [0.3, 0.4) is 0 Å². The summed E-state index contributed by atoms with van der Waals surface area (Å²) in [6.45, 7) is 1.84. The van der Waals surface area contributed by atoms with Crippen molar-refractivity contribution >= 4 is 11.6 Å². The molecule has 0 aromatic heterocycles. The molecule has 0 fully saturated rings. The van der Waals surface area contributed by atoms with Gasteiger partial charge < -0.3 is 5.11 Å². The van der Waals surface area contributed by atoms with Crippen molar-refractivity contribution < 1.29 is 14.7 Å². The number of phenols is 1. The average Bonchev–Trinajstić information content (AvgIpc) is 2.78. The van der Waals surface area contributed by atoms with Gasteiger partial charge in [-0.05, 0) is 42.9 Å². The third kappa shape index (κ3) is 1.28. The van der Waals surface area contributed by atoms with Crippen LogP contribution in [0.25, 0.3) is 0 Å². The molecule has 3 heteroatoms. The van der Waals surface area contributed by atoms with Gasteiger partial charge in [-0.15, -0.1) is 0 Å². The number of hydrogen-bond acceptors (Lipinski definition) is 3. The van der Waals surface area contributed by atoms with E-state index in [9.17, 15) is 14.7 Å². The number of carbonyl (C=O) groups excluding carboxylic acids is 2. The van der Waals surface area contributed by atoms with E-state index in [1.54, 1.807) is 0 Å². The second-order valence-corrected chi connectivity index (χ2v) is 4.88. The fourth-order valence-electron chi connectivity index (χ4n) is 3.09. The molecule has 1 N–H and O–H groups in total. The summed E-state index contributed by atoms with van der Waals surface area (Å²) in [6, 6.07) is 0. The Bertz CT molecular complexity index is 555. The lowest BCUT2D eigenvalue weighted by molar-refractivity contribution is 0.0887. The second kappa shape index (κ2) is 3.42. The number of ketones is 2. The number of phenolic OH excluding ortho intramolecular Hbond substituents is 1. The molecule has 2 aliphatic carbocycles. The van der Waals surface area contributed by atoms with E-state index in [0.717, 1.165) is 36.0 Å². The topological polar surface area (TPSA) is 54.4 Å². The molecule has 0 bridgehead atoms. The summed E-state index contributed by atoms with van der Waals surface area (Å²) in [4.78, 5) is 23.9. The monoisotopic (exact) mass is 230 g/mol. The molecule has 0 amide bonds. The molecule has 3 rings (SSSR count). The lowest BCUT2D eigenvalue weighted by Gasteiger charge is -2.20. The maximum absolute atomic E-state index is 12.0. The highest BCUT2D eigenvalue weighted by molar-refractivity contribution is 6.16. The van der Waals surface area contributed by atoms with E-state index < -0.39 is 0 Å². The molecule has 1 aromatic carbocycles. The number of rotatable bonds is 0. The van der Waals surface area contributed by atoms with Crippen LogP contribution >= 0.6 is 0 Å². The zero-order chi connectivity index (χ0) is 12.2. The Morgan fingerprint density at radius 3 is 2.18 bits per heavy atom. The number of carbonyl (C=O) groups is 2. The quantitative estimate of drug-likeness (QED) is 0.744. The fraction of sp³-hybridized carbons (Fsp3) is 0.429. The van der Waals surface area contributed by atoms with Crippen molar-refractivity contribution in [3.63, 3.8) is 0 Å². The molecule has 0 heterocycles. The highest BCUT2D eigenvalue weighted by atomic mass is 16.3. The molecular weight excluding hydrogens is 216 g/mol. The first kappa shape index (κ1) is 10.5. The van der Waals surface area contributed by atoms with Crippen LogP contribution in [0.2, 0.25) is 0 Å². The molecule has 3 nitrogen and oxygen atoms in total. The molecule has 1 aromatic rings. The van der Waals surface area contributed by atoms with Gasteiger partial charge in [0.1, 0.15) is 5.75 Å². The van der Waals surface area contributed by atoms with Crippen LogP contribution in [-0.4, -0.2) is 16.7 Å². The minimum Gasteiger partial charge on any atom is -0.507 e. The predicted molar refractivity (Wildman–Crippen MR) is 62.8 cm³/mol. The molecule has 0 radical (unpaired) electrons. The minimum atomic E-state index is -0.0881. The first-order valence-corrected chi connectivity index (χ1v) is 6.05. The second-order valence-electron chi connectivity index (χ2n) is 4.88. The zero-order valence-corrected chi connectivity index (χ0v) is 9.80. The van der Waals surface area contributed by atoms with Gasteiger partial charge in [0.25, 0.3) is 0 Å². The normalized spacial score (nSPS) is 18.2. The molecule has 0 saturated carbocycles. The molecule has 0 atom stereocenters. The third-order valence-electron chi connectivity index (χ3n) is 3.95. The summed E-state index contributed by atoms with van der Waals surface area (Å²) in [7, 11) is 0. The molecule has 2 aliphatic rings. The van der Waals surface area contributed by atoms with E-state index in [0.29, 0.717) is 17.5 Å². The van der Waals surface area contributed by atoms with Crippen LogP contribution in [0.1, 0.15) is 56.7 Å². The number of benzene rings is 1. The summed E-state index contributed by atoms with van der Waals surface area (Å²) < 4.78 is 0. The van der Waals surface area contributed by atoms with Crippen LogP contribution in [-0.2, 0) is 12.8 Å². The molecule has 0 saturated heterocycles. The van der Waals surface area contributed by atoms with Crippen LogP contribution in [0.5, 0.6) is 5.75 Å². The maximum Gasteiger partial charge on any atom is 0.167 e. The van der Waals surface area contributed by atoms with Gasteiger partial charge in [0.2, 0.25) is 0 Å². The molecule has 17 heavy (non-hydrogen) atoms. The SMILES string of the molecule is Cc1c(O)c2c(c3c1CCC3)C(=O)CCC2=O. The van der Waals surface area contributed by atoms with Crippen molar-refractivity contribution in [1.82, 2.24) is 0 Å². The van der Waals surface area contributed by atoms with Crippen LogP contribution in [0, 0.1) is 6.92 Å². The Morgan fingerprint density at radius 1 is 0.882 bits per heavy atom. The lowest BCUT2D eigenvalue weighted by Crippen LogP contribution is -2.20. The molecule has 0 spiro atoms. The summed E-state index contributed by atoms with van der Waals surface area (Å²) in [5, 5.41) is 10.1. The van der Waals surface area contributed by atoms with Gasteiger partial charge in [0, 0.05) is 18.4 Å². The highest BCUT2D eigenvalue weighted by Crippen LogP contribution is 2.40. The van der Waals surface area contributed by atoms with E-state index in [-0.39, 0.29) is 23.7 Å². The van der Waals surface area contributed by atoms with E-state index in [1.165, 1.54) is 0 Å². The van der Waals surface area contributed by atoms with E-state index >= 15 is 0 Å². The van der Waals surface area contributed by atoms with E-state index in [1.807, 2.05) is 6.92 Å². The fourth-order valence-corrected chi connectivity index (χ4v) is 3.09. The van der Waals surface area contributed by atoms with E-state index in [4.69, 9.17) is 0 Å². The van der Waals surface area contributed by atoms with Gasteiger partial charge in [-0.25, -0.2) is 0 Å². The van der Waals surface area contributed by atoms with Gasteiger partial charge >= 0.3 is 0 Å². The summed E-state index contributed by atoms with van der Waals surface area (Å²) in [5.74, 6) is -0.0262. The van der Waals surface area contributed by atoms with Gasteiger partial charge in [-0.2, -0.15) is 0 Å². The van der Waals surface area contributed by atoms with Crippen LogP contribution in [0.15, 0.2) is 0 Å². The third-order valence-corrected chi connectivity index (χ3v) is 3.95. The summed E-state index contributed by atoms with van der Waals surface area (Å²) in [6.07, 6.45) is 3.30. The largest absolute Gasteiger partial charge is 0.507 e. The highest BCUT2D eigenvalue weighted by Gasteiger charge is 2.33. The Labute approximate surface area is 99.5 Å². The van der Waals surface area contributed by atoms with Gasteiger partial charge in [0.05, 0.1) is 5.56 Å². The standard InChI is InChI=1S/C14H14O3/c1-7-8-3-2-4-9(8)12-10(15)5-6-11(16)13(12)14(7)17/h17H,2-6H2,1H3. The summed E-state index contributed by atoms with van der Waals surface area (Å²) >= 11 is 0. The Balaban J connectivity index is 2.41. The van der Waals surface area contributed by atoms with Gasteiger partial charge in [0.15, 0.2) is 11.6 Å². The molecule has 0 aliphatic heterocycles. The number of aromatic hydroxyl groups is 1. The van der Waals surface area contributed by atoms with Crippen molar-refractivity contribution in [2.45, 2.75) is 39.0 Å². The Kier molecular flexibility index (Phi) is 2.12. The van der Waals surface area contributed by atoms with Crippen molar-refractivity contribution in [3.05, 3.63) is 27.8 Å². The van der Waals surface area contributed by atoms with Crippen LogP contribution in [0.4, 0.5) is 0 Å². The van der Waals surface area contributed by atoms with Gasteiger partial charge in [-0.3, -0.25) is 9.59 Å². The first-order valence-electron chi connectivity index (χ1n) is 6.05. The molecule has 88 valence electrons. The van der Waals surface area contributed by atoms with Crippen molar-refractivity contribution in [1.29, 1.82) is 0 Å². The van der Waals surface area contributed by atoms with E-state index in [2.05, 4.69) is 0 Å². The van der Waals surface area contributed by atoms with Crippen molar-refractivity contribution in [2.75, 3.05) is 0 Å². The van der Waals surface area contributed by atoms with Crippen molar-refractivity contribution in [2.24, 2.45) is 0 Å². The van der Waals surface area contributed by atoms with Crippen molar-refractivity contribution in [3.8, 4) is 5.75 Å². The predicted octanol–water partition coefficient (Wildman–Crippen LogP) is 2.35. The average molecular weight is 230 g/mol. The maximum atomic E-state index is 12.0. The smallest absolute Gasteiger partial charge is 0.167 e. The molecule has 0 unspecified atom stereocenters. The molecular formula is C14H14O3. The summed E-state index contributed by atoms with van der Waals surface area (Å²) in [5.41, 5.74) is 3.72. The number of hydrogen-bond donors (Lipinski definition) is 1. The first-order chi connectivity index (χ1) is 8.11.